The molecule has 0 fully saturated rings. The molecule has 1 atom stereocenters. The van der Waals surface area contributed by atoms with E-state index in [1.165, 1.54) is 0 Å². The van der Waals surface area contributed by atoms with Crippen LogP contribution in [0.4, 0.5) is 0 Å². The van der Waals surface area contributed by atoms with Crippen LogP contribution in [0.25, 0.3) is 28.0 Å². The summed E-state index contributed by atoms with van der Waals surface area (Å²) in [6.45, 7) is 2.11. The molecule has 4 heterocycles. The smallest absolute Gasteiger partial charge is 0.266 e. The SMILES string of the molecule is CCc1ccccc1-n1c(SCC2CSc3nnc(-c4cccnc4)n32)nc2ccccc2c1=O. The van der Waals surface area contributed by atoms with Crippen molar-refractivity contribution in [3.8, 4) is 17.1 Å². The van der Waals surface area contributed by atoms with Gasteiger partial charge in [-0.25, -0.2) is 4.98 Å². The Labute approximate surface area is 210 Å². The third-order valence-corrected chi connectivity index (χ3v) is 8.29. The van der Waals surface area contributed by atoms with Crippen LogP contribution < -0.4 is 5.56 Å². The van der Waals surface area contributed by atoms with Gasteiger partial charge >= 0.3 is 0 Å². The summed E-state index contributed by atoms with van der Waals surface area (Å²) in [5.74, 6) is 2.46. The molecule has 5 aromatic rings. The van der Waals surface area contributed by atoms with E-state index in [-0.39, 0.29) is 11.6 Å². The first kappa shape index (κ1) is 22.1. The molecule has 2 aromatic carbocycles. The number of hydrogen-bond donors (Lipinski definition) is 0. The molecule has 174 valence electrons. The van der Waals surface area contributed by atoms with E-state index in [0.717, 1.165) is 45.7 Å². The number of aromatic nitrogens is 6. The maximum atomic E-state index is 13.7. The molecular weight excluding hydrogens is 476 g/mol. The normalized spacial score (nSPS) is 14.9. The largest absolute Gasteiger partial charge is 0.297 e. The Morgan fingerprint density at radius 1 is 1.06 bits per heavy atom. The topological polar surface area (TPSA) is 78.5 Å². The molecule has 7 nitrogen and oxygen atoms in total. The Morgan fingerprint density at radius 2 is 1.91 bits per heavy atom. The molecule has 9 heteroatoms. The van der Waals surface area contributed by atoms with Gasteiger partial charge < -0.3 is 0 Å². The zero-order chi connectivity index (χ0) is 23.8. The zero-order valence-corrected chi connectivity index (χ0v) is 20.7. The first-order valence-electron chi connectivity index (χ1n) is 11.5. The molecule has 0 N–H and O–H groups in total. The molecule has 0 radical (unpaired) electrons. The summed E-state index contributed by atoms with van der Waals surface area (Å²) in [7, 11) is 0. The van der Waals surface area contributed by atoms with E-state index in [9.17, 15) is 4.79 Å². The Hall–Kier alpha value is -3.43. The zero-order valence-electron chi connectivity index (χ0n) is 19.0. The Morgan fingerprint density at radius 3 is 2.77 bits per heavy atom. The van der Waals surface area contributed by atoms with Crippen LogP contribution in [0.1, 0.15) is 18.5 Å². The summed E-state index contributed by atoms with van der Waals surface area (Å²) in [5.41, 5.74) is 3.63. The van der Waals surface area contributed by atoms with Crippen molar-refractivity contribution in [3.63, 3.8) is 0 Å². The average Bonchev–Trinajstić information content (AvgIpc) is 3.51. The number of fused-ring (bicyclic) bond motifs is 2. The number of benzene rings is 2. The summed E-state index contributed by atoms with van der Waals surface area (Å²) in [5, 5.41) is 11.1. The maximum absolute atomic E-state index is 13.7. The molecule has 0 aliphatic carbocycles. The Bertz CT molecular complexity index is 1580. The van der Waals surface area contributed by atoms with Crippen molar-refractivity contribution in [3.05, 3.63) is 89.0 Å². The maximum Gasteiger partial charge on any atom is 0.266 e. The van der Waals surface area contributed by atoms with E-state index in [2.05, 4.69) is 32.7 Å². The van der Waals surface area contributed by atoms with Gasteiger partial charge in [0.05, 0.1) is 22.6 Å². The number of thioether (sulfide) groups is 2. The van der Waals surface area contributed by atoms with Crippen molar-refractivity contribution >= 4 is 34.4 Å². The van der Waals surface area contributed by atoms with Gasteiger partial charge in [0.25, 0.3) is 5.56 Å². The van der Waals surface area contributed by atoms with Gasteiger partial charge in [0.2, 0.25) is 0 Å². The molecule has 6 rings (SSSR count). The summed E-state index contributed by atoms with van der Waals surface area (Å²) in [4.78, 5) is 22.9. The summed E-state index contributed by atoms with van der Waals surface area (Å²) in [6.07, 6.45) is 4.40. The van der Waals surface area contributed by atoms with Crippen molar-refractivity contribution in [2.75, 3.05) is 11.5 Å². The highest BCUT2D eigenvalue weighted by atomic mass is 32.2. The van der Waals surface area contributed by atoms with Crippen molar-refractivity contribution < 1.29 is 0 Å². The van der Waals surface area contributed by atoms with Crippen LogP contribution in [0.15, 0.2) is 88.2 Å². The highest BCUT2D eigenvalue weighted by Crippen LogP contribution is 2.39. The highest BCUT2D eigenvalue weighted by molar-refractivity contribution is 8.00. The fourth-order valence-electron chi connectivity index (χ4n) is 4.38. The second-order valence-electron chi connectivity index (χ2n) is 8.23. The standard InChI is InChI=1S/C26H22N6OS2/c1-2-17-8-3-6-12-22(17)32-24(33)20-10-4-5-11-21(20)28-25(32)34-15-19-16-35-26-30-29-23(31(19)26)18-9-7-13-27-14-18/h3-14,19H,2,15-16H2,1H3. The summed E-state index contributed by atoms with van der Waals surface area (Å²) >= 11 is 3.31. The van der Waals surface area contributed by atoms with Crippen LogP contribution in [0, 0.1) is 0 Å². The second-order valence-corrected chi connectivity index (χ2v) is 10.2. The van der Waals surface area contributed by atoms with Gasteiger partial charge in [0.15, 0.2) is 16.1 Å². The predicted octanol–water partition coefficient (Wildman–Crippen LogP) is 5.04. The van der Waals surface area contributed by atoms with Gasteiger partial charge in [-0.05, 0) is 42.3 Å². The van der Waals surface area contributed by atoms with E-state index in [1.807, 2.05) is 60.8 Å². The lowest BCUT2D eigenvalue weighted by Gasteiger charge is -2.18. The fraction of sp³-hybridized carbons (Fsp3) is 0.192. The average molecular weight is 499 g/mol. The van der Waals surface area contributed by atoms with Crippen molar-refractivity contribution in [1.82, 2.24) is 29.3 Å². The van der Waals surface area contributed by atoms with Crippen LogP contribution in [0.3, 0.4) is 0 Å². The van der Waals surface area contributed by atoms with Crippen LogP contribution in [-0.4, -0.2) is 40.8 Å². The fourth-order valence-corrected chi connectivity index (χ4v) is 6.70. The lowest BCUT2D eigenvalue weighted by Crippen LogP contribution is -2.23. The summed E-state index contributed by atoms with van der Waals surface area (Å²) in [6, 6.07) is 19.7. The molecule has 0 saturated carbocycles. The monoisotopic (exact) mass is 498 g/mol. The second kappa shape index (κ2) is 9.31. The molecule has 0 amide bonds. The van der Waals surface area contributed by atoms with E-state index in [0.29, 0.717) is 16.1 Å². The van der Waals surface area contributed by atoms with Crippen LogP contribution in [0.5, 0.6) is 0 Å². The molecule has 1 unspecified atom stereocenters. The third kappa shape index (κ3) is 3.94. The minimum atomic E-state index is -0.0409. The molecule has 0 bridgehead atoms. The van der Waals surface area contributed by atoms with Crippen molar-refractivity contribution in [2.45, 2.75) is 29.7 Å². The van der Waals surface area contributed by atoms with Gasteiger partial charge in [0.1, 0.15) is 0 Å². The van der Waals surface area contributed by atoms with E-state index in [4.69, 9.17) is 4.98 Å². The molecule has 0 saturated heterocycles. The number of aryl methyl sites for hydroxylation is 1. The van der Waals surface area contributed by atoms with Gasteiger partial charge in [-0.2, -0.15) is 0 Å². The Kier molecular flexibility index (Phi) is 5.87. The lowest BCUT2D eigenvalue weighted by molar-refractivity contribution is 0.596. The predicted molar refractivity (Wildman–Crippen MR) is 140 cm³/mol. The minimum Gasteiger partial charge on any atom is -0.297 e. The first-order chi connectivity index (χ1) is 17.2. The van der Waals surface area contributed by atoms with E-state index < -0.39 is 0 Å². The number of para-hydroxylation sites is 2. The highest BCUT2D eigenvalue weighted by Gasteiger charge is 2.29. The van der Waals surface area contributed by atoms with E-state index in [1.54, 1.807) is 34.3 Å². The van der Waals surface area contributed by atoms with Crippen LogP contribution in [-0.2, 0) is 6.42 Å². The molecule has 1 aliphatic heterocycles. The molecule has 0 spiro atoms. The van der Waals surface area contributed by atoms with Gasteiger partial charge in [-0.1, -0.05) is 60.8 Å². The third-order valence-electron chi connectivity index (χ3n) is 6.12. The number of pyridine rings is 1. The molecular formula is C26H22N6OS2. The Balaban J connectivity index is 1.41. The van der Waals surface area contributed by atoms with Crippen molar-refractivity contribution in [1.29, 1.82) is 0 Å². The molecule has 3 aromatic heterocycles. The minimum absolute atomic E-state index is 0.0409. The van der Waals surface area contributed by atoms with Gasteiger partial charge in [-0.15, -0.1) is 10.2 Å². The number of hydrogen-bond acceptors (Lipinski definition) is 7. The van der Waals surface area contributed by atoms with Gasteiger partial charge in [0, 0.05) is 29.5 Å². The number of nitrogens with zero attached hydrogens (tertiary/aromatic N) is 6. The number of rotatable bonds is 6. The first-order valence-corrected chi connectivity index (χ1v) is 13.4. The van der Waals surface area contributed by atoms with Gasteiger partial charge in [-0.3, -0.25) is 18.9 Å². The summed E-state index contributed by atoms with van der Waals surface area (Å²) < 4.78 is 3.97. The molecule has 35 heavy (non-hydrogen) atoms. The van der Waals surface area contributed by atoms with Crippen molar-refractivity contribution in [2.24, 2.45) is 0 Å². The molecule has 1 aliphatic rings. The quantitative estimate of drug-likeness (QED) is 0.240. The van der Waals surface area contributed by atoms with Crippen LogP contribution >= 0.6 is 23.5 Å². The van der Waals surface area contributed by atoms with Crippen LogP contribution in [0.2, 0.25) is 0 Å². The van der Waals surface area contributed by atoms with E-state index >= 15 is 0 Å². The lowest BCUT2D eigenvalue weighted by atomic mass is 10.1.